The number of alkyl halides is 3. The molecule has 0 radical (unpaired) electrons. The molecule has 7 aromatic heterocycles. The van der Waals surface area contributed by atoms with Crippen molar-refractivity contribution in [2.24, 2.45) is 5.92 Å². The van der Waals surface area contributed by atoms with Gasteiger partial charge in [-0.3, -0.25) is 19.2 Å². The van der Waals surface area contributed by atoms with Crippen LogP contribution in [0, 0.1) is 5.92 Å². The summed E-state index contributed by atoms with van der Waals surface area (Å²) < 4.78 is 64.8. The molecule has 0 saturated carbocycles. The Morgan fingerprint density at radius 2 is 1.00 bits per heavy atom. The monoisotopic (exact) mass is 993 g/mol. The van der Waals surface area contributed by atoms with Gasteiger partial charge in [-0.15, -0.1) is 0 Å². The van der Waals surface area contributed by atoms with Gasteiger partial charge in [-0.2, -0.15) is 15.0 Å². The SMILES string of the molecule is CCC(CC)CCCc1cc(=O)oc2nc(C(C)F)[nH]c(=O)c12.CCCCCc1cc(=O)oc2nc(C(C)F)[nH]c(=O)c12.COCC(=O)c1cc(CCCc2cc(=O)oc3nc(C(C)F)[nH]c(=O)c23)on1. The summed E-state index contributed by atoms with van der Waals surface area (Å²) in [5, 5.41) is 4.29. The molecule has 22 heteroatoms. The number of methoxy groups -OCH3 is 1. The standard InChI is InChI=1S/C18H18FN3O6.C17H23FN2O3.C14H17FN2O3/c1-9(19)16-20-17(25)15-10(6-14(24)27-18(15)21-16)4-3-5-11-7-12(22-28-11)13(23)8-26-2;1-4-11(5-2)7-6-8-12-9-13(21)23-17-14(12)16(22)19-15(20-17)10(3)18;1-3-4-5-6-9-7-10(18)20-14-11(9)13(19)16-12(17-14)8(2)15/h6-7,9H,3-5,8H2,1-2H3,(H,20,21,25);9-11H,4-8H2,1-3H3,(H,19,20,22);7-8H,3-6H2,1-2H3,(H,16,17,19). The molecule has 0 saturated heterocycles. The lowest BCUT2D eigenvalue weighted by Gasteiger charge is -2.12. The van der Waals surface area contributed by atoms with E-state index < -0.39 is 52.1 Å². The van der Waals surface area contributed by atoms with Gasteiger partial charge in [0.15, 0.2) is 24.2 Å². The van der Waals surface area contributed by atoms with E-state index >= 15 is 0 Å². The first-order chi connectivity index (χ1) is 33.9. The van der Waals surface area contributed by atoms with Crippen LogP contribution >= 0.6 is 0 Å². The van der Waals surface area contributed by atoms with E-state index in [4.69, 9.17) is 22.5 Å². The van der Waals surface area contributed by atoms with Gasteiger partial charge >= 0.3 is 16.9 Å². The van der Waals surface area contributed by atoms with E-state index in [0.29, 0.717) is 60.5 Å². The molecular formula is C49H58F3N7O12. The second-order valence-electron chi connectivity index (χ2n) is 16.9. The van der Waals surface area contributed by atoms with Crippen LogP contribution < -0.4 is 33.6 Å². The predicted molar refractivity (Wildman–Crippen MR) is 256 cm³/mol. The minimum atomic E-state index is -1.51. The zero-order valence-corrected chi connectivity index (χ0v) is 40.6. The van der Waals surface area contributed by atoms with Crippen molar-refractivity contribution in [3.8, 4) is 0 Å². The molecule has 7 aromatic rings. The number of ketones is 1. The predicted octanol–water partition coefficient (Wildman–Crippen LogP) is 8.20. The van der Waals surface area contributed by atoms with Crippen LogP contribution in [0.2, 0.25) is 0 Å². The van der Waals surface area contributed by atoms with Gasteiger partial charge in [0.2, 0.25) is 22.9 Å². The lowest BCUT2D eigenvalue weighted by atomic mass is 9.95. The maximum Gasteiger partial charge on any atom is 0.337 e. The minimum Gasteiger partial charge on any atom is -0.403 e. The van der Waals surface area contributed by atoms with E-state index in [1.807, 2.05) is 0 Å². The van der Waals surface area contributed by atoms with Crippen molar-refractivity contribution in [3.63, 3.8) is 0 Å². The van der Waals surface area contributed by atoms with Gasteiger partial charge in [0.05, 0.1) is 0 Å². The Balaban J connectivity index is 0.000000201. The number of ether oxygens (including phenoxy) is 1. The molecule has 0 amide bonds. The maximum absolute atomic E-state index is 13.4. The topological polar surface area (TPSA) is 280 Å². The van der Waals surface area contributed by atoms with Gasteiger partial charge in [0.1, 0.15) is 46.0 Å². The summed E-state index contributed by atoms with van der Waals surface area (Å²) in [6.07, 6.45) is 5.20. The fourth-order valence-electron chi connectivity index (χ4n) is 7.72. The second kappa shape index (κ2) is 25.7. The highest BCUT2D eigenvalue weighted by atomic mass is 19.1. The van der Waals surface area contributed by atoms with Crippen molar-refractivity contribution in [1.82, 2.24) is 35.1 Å². The minimum absolute atomic E-state index is 0.0849. The highest BCUT2D eigenvalue weighted by Gasteiger charge is 2.19. The Morgan fingerprint density at radius 3 is 1.38 bits per heavy atom. The third-order valence-electron chi connectivity index (χ3n) is 11.5. The molecule has 0 bridgehead atoms. The molecule has 0 aliphatic heterocycles. The number of aryl methyl sites for hydroxylation is 4. The fraction of sp³-hybridized carbons (Fsp3) is 0.490. The summed E-state index contributed by atoms with van der Waals surface area (Å²) >= 11 is 0. The Labute approximate surface area is 402 Å². The van der Waals surface area contributed by atoms with E-state index in [9.17, 15) is 46.7 Å². The van der Waals surface area contributed by atoms with Crippen molar-refractivity contribution in [2.45, 2.75) is 137 Å². The normalized spacial score (nSPS) is 12.7. The Hall–Kier alpha value is -7.10. The van der Waals surface area contributed by atoms with Gasteiger partial charge in [-0.1, -0.05) is 58.0 Å². The van der Waals surface area contributed by atoms with E-state index in [2.05, 4.69) is 55.8 Å². The average molecular weight is 994 g/mol. The quantitative estimate of drug-likeness (QED) is 0.0479. The summed E-state index contributed by atoms with van der Waals surface area (Å²) in [7, 11) is 1.41. The van der Waals surface area contributed by atoms with E-state index in [-0.39, 0.29) is 68.9 Å². The number of unbranched alkanes of at least 4 members (excludes halogenated alkanes) is 2. The molecule has 0 spiro atoms. The highest BCUT2D eigenvalue weighted by Crippen LogP contribution is 2.22. The number of carbonyl (C=O) groups is 1. The van der Waals surface area contributed by atoms with Crippen molar-refractivity contribution in [2.75, 3.05) is 13.7 Å². The summed E-state index contributed by atoms with van der Waals surface area (Å²) in [6.45, 7) is 10.0. The molecule has 0 aliphatic carbocycles. The fourth-order valence-corrected chi connectivity index (χ4v) is 7.72. The highest BCUT2D eigenvalue weighted by molar-refractivity contribution is 5.95. The molecule has 0 aliphatic rings. The van der Waals surface area contributed by atoms with Crippen LogP contribution in [0.15, 0.2) is 70.8 Å². The number of Topliss-reactive ketones (excluding diaryl/α,β-unsaturated/α-hetero) is 1. The van der Waals surface area contributed by atoms with Gasteiger partial charge in [-0.05, 0) is 81.9 Å². The van der Waals surface area contributed by atoms with E-state index in [1.165, 1.54) is 52.1 Å². The summed E-state index contributed by atoms with van der Waals surface area (Å²) in [6, 6.07) is 5.39. The molecular weight excluding hydrogens is 936 g/mol. The number of hydrogen-bond acceptors (Lipinski definition) is 16. The molecule has 7 rings (SSSR count). The molecule has 71 heavy (non-hydrogen) atoms. The first kappa shape index (κ1) is 54.8. The van der Waals surface area contributed by atoms with Crippen molar-refractivity contribution in [1.29, 1.82) is 0 Å². The van der Waals surface area contributed by atoms with Crippen LogP contribution in [0.4, 0.5) is 13.2 Å². The Kier molecular flexibility index (Phi) is 19.8. The van der Waals surface area contributed by atoms with Crippen molar-refractivity contribution >= 4 is 39.1 Å². The Bertz CT molecular complexity index is 3290. The third-order valence-corrected chi connectivity index (χ3v) is 11.5. The molecule has 3 unspecified atom stereocenters. The smallest absolute Gasteiger partial charge is 0.337 e. The molecule has 0 aromatic carbocycles. The molecule has 382 valence electrons. The van der Waals surface area contributed by atoms with Crippen LogP contribution in [-0.4, -0.2) is 54.6 Å². The number of halogens is 3. The van der Waals surface area contributed by atoms with Crippen LogP contribution in [0.25, 0.3) is 33.3 Å². The molecule has 3 N–H and O–H groups in total. The van der Waals surface area contributed by atoms with Crippen molar-refractivity contribution < 1.29 is 40.5 Å². The van der Waals surface area contributed by atoms with Gasteiger partial charge in [0, 0.05) is 37.8 Å². The van der Waals surface area contributed by atoms with E-state index in [0.717, 1.165) is 44.9 Å². The number of fused-ring (bicyclic) bond motifs is 3. The number of carbonyl (C=O) groups excluding carboxylic acids is 1. The summed E-state index contributed by atoms with van der Waals surface area (Å²) in [5.41, 5.74) is -1.84. The molecule has 19 nitrogen and oxygen atoms in total. The molecule has 3 atom stereocenters. The van der Waals surface area contributed by atoms with Crippen molar-refractivity contribution in [3.05, 3.63) is 132 Å². The first-order valence-corrected chi connectivity index (χ1v) is 23.5. The number of H-pyrrole nitrogens is 3. The summed E-state index contributed by atoms with van der Waals surface area (Å²) in [4.78, 5) is 102. The number of hydrogen-bond donors (Lipinski definition) is 3. The van der Waals surface area contributed by atoms with Crippen LogP contribution in [0.5, 0.6) is 0 Å². The zero-order chi connectivity index (χ0) is 51.9. The third kappa shape index (κ3) is 14.7. The van der Waals surface area contributed by atoms with Gasteiger partial charge < -0.3 is 37.5 Å². The average Bonchev–Trinajstić information content (AvgIpc) is 3.79. The largest absolute Gasteiger partial charge is 0.403 e. The second-order valence-corrected chi connectivity index (χ2v) is 16.9. The zero-order valence-electron chi connectivity index (χ0n) is 40.6. The number of aromatic nitrogens is 7. The molecule has 0 fully saturated rings. The first-order valence-electron chi connectivity index (χ1n) is 23.5. The Morgan fingerprint density at radius 1 is 0.592 bits per heavy atom. The van der Waals surface area contributed by atoms with Crippen LogP contribution in [-0.2, 0) is 30.4 Å². The van der Waals surface area contributed by atoms with Crippen LogP contribution in [0.1, 0.15) is 162 Å². The number of aromatic amines is 3. The number of rotatable bonds is 20. The van der Waals surface area contributed by atoms with Gasteiger partial charge in [0.25, 0.3) is 16.7 Å². The van der Waals surface area contributed by atoms with E-state index in [1.54, 1.807) is 0 Å². The number of nitrogens with one attached hydrogen (secondary N) is 3. The lowest BCUT2D eigenvalue weighted by molar-refractivity contribution is 0.0838. The lowest BCUT2D eigenvalue weighted by Crippen LogP contribution is -2.16. The summed E-state index contributed by atoms with van der Waals surface area (Å²) in [5.74, 6) is 0.396. The molecule has 7 heterocycles. The van der Waals surface area contributed by atoms with Gasteiger partial charge in [-0.25, -0.2) is 27.6 Å². The number of nitrogens with zero attached hydrogens (tertiary/aromatic N) is 4. The maximum atomic E-state index is 13.4. The van der Waals surface area contributed by atoms with Crippen LogP contribution in [0.3, 0.4) is 0 Å².